The van der Waals surface area contributed by atoms with Gasteiger partial charge in [-0.2, -0.15) is 0 Å². The number of likely N-dealkylation sites (tertiary alicyclic amines) is 1. The molecule has 0 saturated carbocycles. The van der Waals surface area contributed by atoms with Crippen LogP contribution in [-0.2, 0) is 6.54 Å². The predicted molar refractivity (Wildman–Crippen MR) is 116 cm³/mol. The van der Waals surface area contributed by atoms with Gasteiger partial charge in [-0.25, -0.2) is 0 Å². The lowest BCUT2D eigenvalue weighted by molar-refractivity contribution is 0.104. The van der Waals surface area contributed by atoms with Gasteiger partial charge >= 0.3 is 0 Å². The first-order chi connectivity index (χ1) is 13.6. The van der Waals surface area contributed by atoms with Gasteiger partial charge in [-0.1, -0.05) is 18.0 Å². The minimum absolute atomic E-state index is 0.0333. The largest absolute Gasteiger partial charge is 0.497 e. The van der Waals surface area contributed by atoms with Crippen LogP contribution in [-0.4, -0.2) is 42.0 Å². The maximum Gasteiger partial charge on any atom is 0.204 e. The average molecular weight is 417 g/mol. The van der Waals surface area contributed by atoms with Crippen LogP contribution in [0.4, 0.5) is 0 Å². The summed E-state index contributed by atoms with van der Waals surface area (Å²) >= 11 is 7.87. The number of ether oxygens (including phenoxy) is 1. The van der Waals surface area contributed by atoms with Crippen molar-refractivity contribution < 1.29 is 9.53 Å². The zero-order chi connectivity index (χ0) is 19.7. The first-order valence-corrected chi connectivity index (χ1v) is 11.0. The quantitative estimate of drug-likeness (QED) is 0.505. The number of benzene rings is 1. The fraction of sp³-hybridized carbons (Fsp3) is 0.409. The van der Waals surface area contributed by atoms with Crippen molar-refractivity contribution in [3.05, 3.63) is 51.5 Å². The molecule has 0 aliphatic carbocycles. The fourth-order valence-corrected chi connectivity index (χ4v) is 5.36. The summed E-state index contributed by atoms with van der Waals surface area (Å²) in [5.74, 6) is 0.617. The van der Waals surface area contributed by atoms with Gasteiger partial charge in [-0.05, 0) is 63.2 Å². The molecule has 0 atom stereocenters. The molecule has 148 valence electrons. The van der Waals surface area contributed by atoms with Gasteiger partial charge in [0.05, 0.1) is 17.0 Å². The lowest BCUT2D eigenvalue weighted by Crippen LogP contribution is -2.32. The van der Waals surface area contributed by atoms with Crippen LogP contribution in [0, 0.1) is 6.92 Å². The molecule has 3 heterocycles. The van der Waals surface area contributed by atoms with E-state index in [1.807, 2.05) is 6.07 Å². The van der Waals surface area contributed by atoms with E-state index in [0.717, 1.165) is 23.4 Å². The summed E-state index contributed by atoms with van der Waals surface area (Å²) in [4.78, 5) is 17.4. The molecular formula is C22H25ClN2O2S. The third-order valence-electron chi connectivity index (χ3n) is 5.51. The van der Waals surface area contributed by atoms with E-state index in [9.17, 15) is 4.79 Å². The number of carbonyl (C=O) groups excluding carboxylic acids is 1. The number of methoxy groups -OCH3 is 1. The first kappa shape index (κ1) is 19.5. The van der Waals surface area contributed by atoms with E-state index in [2.05, 4.69) is 22.5 Å². The van der Waals surface area contributed by atoms with Crippen molar-refractivity contribution in [3.63, 3.8) is 0 Å². The number of hydrogen-bond donors (Lipinski definition) is 0. The molecule has 1 aliphatic rings. The molecular weight excluding hydrogens is 392 g/mol. The number of thiophene rings is 1. The van der Waals surface area contributed by atoms with E-state index in [-0.39, 0.29) is 5.78 Å². The van der Waals surface area contributed by atoms with Crippen molar-refractivity contribution in [2.24, 2.45) is 0 Å². The molecule has 0 amide bonds. The van der Waals surface area contributed by atoms with Gasteiger partial charge in [-0.15, -0.1) is 11.3 Å². The first-order valence-electron chi connectivity index (χ1n) is 9.77. The monoisotopic (exact) mass is 416 g/mol. The molecule has 1 saturated heterocycles. The number of hydrogen-bond acceptors (Lipinski definition) is 4. The Balaban J connectivity index is 1.57. The molecule has 1 aromatic carbocycles. The smallest absolute Gasteiger partial charge is 0.204 e. The molecule has 0 N–H and O–H groups in total. The Kier molecular flexibility index (Phi) is 5.76. The molecule has 6 heteroatoms. The van der Waals surface area contributed by atoms with Crippen LogP contribution < -0.4 is 4.74 Å². The van der Waals surface area contributed by atoms with Crippen LogP contribution in [0.3, 0.4) is 0 Å². The number of rotatable bonds is 6. The van der Waals surface area contributed by atoms with Crippen molar-refractivity contribution in [2.45, 2.75) is 32.7 Å². The van der Waals surface area contributed by atoms with E-state index >= 15 is 0 Å². The molecule has 0 bridgehead atoms. The summed E-state index contributed by atoms with van der Waals surface area (Å²) in [7, 11) is 1.59. The Labute approximate surface area is 174 Å². The van der Waals surface area contributed by atoms with Crippen molar-refractivity contribution in [3.8, 4) is 5.75 Å². The number of ketones is 1. The SMILES string of the molecule is COc1ccc(C(=O)c2cc3cc(C)n(CCN4CCCCC4)c3s2)c(Cl)c1. The Morgan fingerprint density at radius 3 is 2.64 bits per heavy atom. The van der Waals surface area contributed by atoms with Gasteiger partial charge in [-0.3, -0.25) is 4.79 Å². The molecule has 1 fully saturated rings. The maximum atomic E-state index is 13.0. The van der Waals surface area contributed by atoms with E-state index < -0.39 is 0 Å². The molecule has 4 rings (SSSR count). The molecule has 3 aromatic rings. The van der Waals surface area contributed by atoms with Crippen molar-refractivity contribution >= 4 is 38.9 Å². The molecule has 0 unspecified atom stereocenters. The zero-order valence-corrected chi connectivity index (χ0v) is 17.9. The van der Waals surface area contributed by atoms with E-state index in [4.69, 9.17) is 16.3 Å². The Bertz CT molecular complexity index is 1000. The minimum Gasteiger partial charge on any atom is -0.497 e. The zero-order valence-electron chi connectivity index (χ0n) is 16.3. The molecule has 2 aromatic heterocycles. The fourth-order valence-electron chi connectivity index (χ4n) is 3.93. The maximum absolute atomic E-state index is 13.0. The third-order valence-corrected chi connectivity index (χ3v) is 6.99. The summed E-state index contributed by atoms with van der Waals surface area (Å²) in [6, 6.07) is 9.37. The van der Waals surface area contributed by atoms with E-state index in [0.29, 0.717) is 16.3 Å². The molecule has 0 spiro atoms. The summed E-state index contributed by atoms with van der Waals surface area (Å²) < 4.78 is 7.52. The third kappa shape index (κ3) is 3.84. The van der Waals surface area contributed by atoms with Crippen LogP contribution in [0.5, 0.6) is 5.75 Å². The van der Waals surface area contributed by atoms with Crippen molar-refractivity contribution in [2.75, 3.05) is 26.7 Å². The lowest BCUT2D eigenvalue weighted by Gasteiger charge is -2.26. The number of nitrogens with zero attached hydrogens (tertiary/aromatic N) is 2. The van der Waals surface area contributed by atoms with Crippen molar-refractivity contribution in [1.29, 1.82) is 0 Å². The molecule has 4 nitrogen and oxygen atoms in total. The summed E-state index contributed by atoms with van der Waals surface area (Å²) in [6.07, 6.45) is 3.97. The molecule has 1 aliphatic heterocycles. The number of carbonyl (C=O) groups is 1. The van der Waals surface area contributed by atoms with Crippen molar-refractivity contribution in [1.82, 2.24) is 9.47 Å². The Morgan fingerprint density at radius 2 is 1.93 bits per heavy atom. The second-order valence-corrected chi connectivity index (χ2v) is 8.82. The Hall–Kier alpha value is -1.82. The highest BCUT2D eigenvalue weighted by molar-refractivity contribution is 7.20. The number of aromatic nitrogens is 1. The number of fused-ring (bicyclic) bond motifs is 1. The summed E-state index contributed by atoms with van der Waals surface area (Å²) in [5.41, 5.74) is 1.77. The van der Waals surface area contributed by atoms with Gasteiger partial charge in [0.2, 0.25) is 5.78 Å². The van der Waals surface area contributed by atoms with Gasteiger partial charge in [0.25, 0.3) is 0 Å². The van der Waals surface area contributed by atoms with Crippen LogP contribution in [0.2, 0.25) is 5.02 Å². The number of piperidine rings is 1. The molecule has 0 radical (unpaired) electrons. The lowest BCUT2D eigenvalue weighted by atomic mass is 10.1. The van der Waals surface area contributed by atoms with Gasteiger partial charge in [0.1, 0.15) is 10.6 Å². The summed E-state index contributed by atoms with van der Waals surface area (Å²) in [5, 5.41) is 1.56. The Morgan fingerprint density at radius 1 is 1.14 bits per heavy atom. The highest BCUT2D eigenvalue weighted by atomic mass is 35.5. The molecule has 28 heavy (non-hydrogen) atoms. The van der Waals surface area contributed by atoms with Crippen LogP contribution in [0.15, 0.2) is 30.3 Å². The summed E-state index contributed by atoms with van der Waals surface area (Å²) in [6.45, 7) is 6.58. The number of halogens is 1. The second-order valence-electron chi connectivity index (χ2n) is 7.39. The standard InChI is InChI=1S/C22H25ClN2O2S/c1-15-12-16-13-20(21(26)18-7-6-17(27-2)14-19(18)23)28-22(16)25(15)11-10-24-8-4-3-5-9-24/h6-7,12-14H,3-5,8-11H2,1-2H3. The van der Waals surface area contributed by atoms with E-state index in [1.165, 1.54) is 42.9 Å². The minimum atomic E-state index is -0.0333. The topological polar surface area (TPSA) is 34.5 Å². The average Bonchev–Trinajstić information content (AvgIpc) is 3.23. The number of aryl methyl sites for hydroxylation is 1. The highest BCUT2D eigenvalue weighted by Crippen LogP contribution is 2.32. The van der Waals surface area contributed by atoms with Crippen LogP contribution in [0.1, 0.15) is 40.2 Å². The van der Waals surface area contributed by atoms with Gasteiger partial charge in [0.15, 0.2) is 0 Å². The van der Waals surface area contributed by atoms with Crippen LogP contribution in [0.25, 0.3) is 10.2 Å². The van der Waals surface area contributed by atoms with Crippen LogP contribution >= 0.6 is 22.9 Å². The van der Waals surface area contributed by atoms with Gasteiger partial charge in [0, 0.05) is 29.7 Å². The van der Waals surface area contributed by atoms with E-state index in [1.54, 1.807) is 36.6 Å². The predicted octanol–water partition coefficient (Wildman–Crippen LogP) is 5.39. The normalized spacial score (nSPS) is 15.2. The van der Waals surface area contributed by atoms with Gasteiger partial charge < -0.3 is 14.2 Å². The second kappa shape index (κ2) is 8.27. The highest BCUT2D eigenvalue weighted by Gasteiger charge is 2.19.